The van der Waals surface area contributed by atoms with E-state index in [1.54, 1.807) is 0 Å². The summed E-state index contributed by atoms with van der Waals surface area (Å²) in [6.45, 7) is 4.50. The topological polar surface area (TPSA) is 12.0 Å². The molecule has 0 aliphatic carbocycles. The zero-order chi connectivity index (χ0) is 8.53. The van der Waals surface area contributed by atoms with E-state index in [0.717, 1.165) is 6.42 Å². The summed E-state index contributed by atoms with van der Waals surface area (Å²) in [5.74, 6) is 2.35. The molecule has 1 N–H and O–H groups in total. The molecule has 0 radical (unpaired) electrons. The molecule has 0 bridgehead atoms. The van der Waals surface area contributed by atoms with Crippen molar-refractivity contribution in [3.63, 3.8) is 0 Å². The number of rotatable bonds is 7. The summed E-state index contributed by atoms with van der Waals surface area (Å²) in [4.78, 5) is 0. The minimum atomic E-state index is -0.259. The van der Waals surface area contributed by atoms with Crippen molar-refractivity contribution in [3.8, 4) is 0 Å². The lowest BCUT2D eigenvalue weighted by Gasteiger charge is -2.11. The Balaban J connectivity index is 3.02. The second-order valence-corrected chi connectivity index (χ2v) is 3.92. The van der Waals surface area contributed by atoms with E-state index in [-0.39, 0.29) is 6.67 Å². The van der Waals surface area contributed by atoms with Gasteiger partial charge < -0.3 is 5.32 Å². The van der Waals surface area contributed by atoms with Crippen LogP contribution in [0, 0.1) is 0 Å². The summed E-state index contributed by atoms with van der Waals surface area (Å²) in [6.07, 6.45) is 1.14. The summed E-state index contributed by atoms with van der Waals surface area (Å²) < 4.78 is 11.7. The fourth-order valence-electron chi connectivity index (χ4n) is 0.807. The molecule has 3 heteroatoms. The molecule has 11 heavy (non-hydrogen) atoms. The Bertz CT molecular complexity index is 80.5. The molecule has 0 aromatic carbocycles. The largest absolute Gasteiger partial charge is 0.312 e. The Labute approximate surface area is 73.1 Å². The second-order valence-electron chi connectivity index (χ2n) is 2.53. The molecule has 0 aliphatic rings. The van der Waals surface area contributed by atoms with Crippen LogP contribution in [-0.2, 0) is 0 Å². The lowest BCUT2D eigenvalue weighted by atomic mass is 10.2. The highest BCUT2D eigenvalue weighted by atomic mass is 32.2. The smallest absolute Gasteiger partial charge is 0.102 e. The number of hydrogen-bond donors (Lipinski definition) is 1. The van der Waals surface area contributed by atoms with Crippen LogP contribution in [-0.4, -0.2) is 30.8 Å². The highest BCUT2D eigenvalue weighted by molar-refractivity contribution is 7.99. The van der Waals surface area contributed by atoms with Gasteiger partial charge in [-0.2, -0.15) is 11.8 Å². The standard InChI is InChI=1S/C8H18FNS/c1-3-11-7-4-8(2)10-6-5-9/h8,10H,3-7H2,1-2H3. The summed E-state index contributed by atoms with van der Waals surface area (Å²) in [6, 6.07) is 0.463. The van der Waals surface area contributed by atoms with E-state index in [1.807, 2.05) is 11.8 Å². The second kappa shape index (κ2) is 8.34. The van der Waals surface area contributed by atoms with Crippen molar-refractivity contribution in [2.75, 3.05) is 24.7 Å². The van der Waals surface area contributed by atoms with Gasteiger partial charge in [-0.3, -0.25) is 0 Å². The van der Waals surface area contributed by atoms with E-state index in [4.69, 9.17) is 0 Å². The molecule has 1 atom stereocenters. The Hall–Kier alpha value is 0.240. The van der Waals surface area contributed by atoms with Crippen molar-refractivity contribution in [1.82, 2.24) is 5.32 Å². The maximum absolute atomic E-state index is 11.7. The average Bonchev–Trinajstić information content (AvgIpc) is 2.01. The fraction of sp³-hybridized carbons (Fsp3) is 1.00. The molecule has 0 saturated heterocycles. The molecule has 0 saturated carbocycles. The van der Waals surface area contributed by atoms with Crippen LogP contribution in [0.5, 0.6) is 0 Å². The Morgan fingerprint density at radius 3 is 2.82 bits per heavy atom. The third-order valence-corrected chi connectivity index (χ3v) is 2.42. The lowest BCUT2D eigenvalue weighted by molar-refractivity contribution is 0.436. The summed E-state index contributed by atoms with van der Waals surface area (Å²) in [5, 5.41) is 3.10. The number of nitrogens with one attached hydrogen (secondary N) is 1. The number of thioether (sulfide) groups is 1. The monoisotopic (exact) mass is 179 g/mol. The molecule has 0 aliphatic heterocycles. The molecule has 0 spiro atoms. The third-order valence-electron chi connectivity index (χ3n) is 1.49. The maximum atomic E-state index is 11.7. The van der Waals surface area contributed by atoms with Gasteiger partial charge in [0, 0.05) is 12.6 Å². The molecule has 0 aromatic rings. The minimum Gasteiger partial charge on any atom is -0.312 e. The van der Waals surface area contributed by atoms with Crippen LogP contribution >= 0.6 is 11.8 Å². The van der Waals surface area contributed by atoms with Crippen molar-refractivity contribution < 1.29 is 4.39 Å². The molecular formula is C8H18FNS. The average molecular weight is 179 g/mol. The van der Waals surface area contributed by atoms with Gasteiger partial charge >= 0.3 is 0 Å². The normalized spacial score (nSPS) is 13.4. The SMILES string of the molecule is CCSCCC(C)NCCF. The maximum Gasteiger partial charge on any atom is 0.102 e. The molecule has 68 valence electrons. The predicted molar refractivity (Wildman–Crippen MR) is 51.1 cm³/mol. The van der Waals surface area contributed by atoms with E-state index in [9.17, 15) is 4.39 Å². The first-order valence-corrected chi connectivity index (χ1v) is 5.33. The highest BCUT2D eigenvalue weighted by Gasteiger charge is 1.98. The molecule has 1 nitrogen and oxygen atoms in total. The van der Waals surface area contributed by atoms with Crippen molar-refractivity contribution in [1.29, 1.82) is 0 Å². The molecule has 0 rings (SSSR count). The van der Waals surface area contributed by atoms with Gasteiger partial charge in [0.25, 0.3) is 0 Å². The first kappa shape index (κ1) is 11.2. The van der Waals surface area contributed by atoms with Crippen LogP contribution in [0.4, 0.5) is 4.39 Å². The number of alkyl halides is 1. The first-order chi connectivity index (χ1) is 5.31. The molecule has 0 amide bonds. The van der Waals surface area contributed by atoms with E-state index in [1.165, 1.54) is 11.5 Å². The predicted octanol–water partition coefficient (Wildman–Crippen LogP) is 2.08. The van der Waals surface area contributed by atoms with Gasteiger partial charge in [-0.25, -0.2) is 4.39 Å². The van der Waals surface area contributed by atoms with Gasteiger partial charge in [-0.1, -0.05) is 6.92 Å². The van der Waals surface area contributed by atoms with E-state index in [0.29, 0.717) is 12.6 Å². The summed E-state index contributed by atoms with van der Waals surface area (Å²) >= 11 is 1.94. The fourth-order valence-corrected chi connectivity index (χ4v) is 1.62. The molecule has 1 unspecified atom stereocenters. The zero-order valence-corrected chi connectivity index (χ0v) is 8.22. The van der Waals surface area contributed by atoms with E-state index in [2.05, 4.69) is 19.2 Å². The van der Waals surface area contributed by atoms with Crippen LogP contribution in [0.1, 0.15) is 20.3 Å². The van der Waals surface area contributed by atoms with Gasteiger partial charge in [-0.05, 0) is 24.9 Å². The zero-order valence-electron chi connectivity index (χ0n) is 7.40. The molecular weight excluding hydrogens is 161 g/mol. The van der Waals surface area contributed by atoms with Gasteiger partial charge in [0.2, 0.25) is 0 Å². The van der Waals surface area contributed by atoms with Crippen LogP contribution in [0.25, 0.3) is 0 Å². The molecule has 0 heterocycles. The summed E-state index contributed by atoms with van der Waals surface area (Å²) in [5.41, 5.74) is 0. The Kier molecular flexibility index (Phi) is 8.52. The van der Waals surface area contributed by atoms with Gasteiger partial charge in [0.05, 0.1) is 0 Å². The van der Waals surface area contributed by atoms with Crippen LogP contribution in [0.2, 0.25) is 0 Å². The Morgan fingerprint density at radius 1 is 1.55 bits per heavy atom. The van der Waals surface area contributed by atoms with Gasteiger partial charge in [-0.15, -0.1) is 0 Å². The van der Waals surface area contributed by atoms with E-state index >= 15 is 0 Å². The van der Waals surface area contributed by atoms with Gasteiger partial charge in [0.1, 0.15) is 6.67 Å². The van der Waals surface area contributed by atoms with Crippen molar-refractivity contribution in [2.45, 2.75) is 26.3 Å². The summed E-state index contributed by atoms with van der Waals surface area (Å²) in [7, 11) is 0. The number of halogens is 1. The third kappa shape index (κ3) is 8.14. The molecule has 0 fully saturated rings. The minimum absolute atomic E-state index is 0.259. The van der Waals surface area contributed by atoms with Crippen molar-refractivity contribution in [2.24, 2.45) is 0 Å². The van der Waals surface area contributed by atoms with E-state index < -0.39 is 0 Å². The van der Waals surface area contributed by atoms with Crippen molar-refractivity contribution >= 4 is 11.8 Å². The quantitative estimate of drug-likeness (QED) is 0.600. The Morgan fingerprint density at radius 2 is 2.27 bits per heavy atom. The van der Waals surface area contributed by atoms with Crippen LogP contribution in [0.3, 0.4) is 0 Å². The highest BCUT2D eigenvalue weighted by Crippen LogP contribution is 2.03. The van der Waals surface area contributed by atoms with Gasteiger partial charge in [0.15, 0.2) is 0 Å². The van der Waals surface area contributed by atoms with Crippen LogP contribution < -0.4 is 5.32 Å². The molecule has 0 aromatic heterocycles. The lowest BCUT2D eigenvalue weighted by Crippen LogP contribution is -2.28. The number of hydrogen-bond acceptors (Lipinski definition) is 2. The van der Waals surface area contributed by atoms with Crippen molar-refractivity contribution in [3.05, 3.63) is 0 Å². The van der Waals surface area contributed by atoms with Crippen LogP contribution in [0.15, 0.2) is 0 Å². The first-order valence-electron chi connectivity index (χ1n) is 4.18.